The maximum Gasteiger partial charge on any atom is 0.387 e. The van der Waals surface area contributed by atoms with Crippen molar-refractivity contribution >= 4 is 11.6 Å². The number of aromatic nitrogens is 4. The molecule has 2 aromatic carbocycles. The summed E-state index contributed by atoms with van der Waals surface area (Å²) in [7, 11) is 0. The monoisotopic (exact) mass is 414 g/mol. The number of alkyl halides is 2. The van der Waals surface area contributed by atoms with Crippen LogP contribution in [0.5, 0.6) is 5.75 Å². The predicted molar refractivity (Wildman–Crippen MR) is 106 cm³/mol. The molecule has 0 saturated carbocycles. The third-order valence-corrected chi connectivity index (χ3v) is 4.07. The van der Waals surface area contributed by atoms with Gasteiger partial charge in [-0.15, -0.1) is 10.2 Å². The van der Waals surface area contributed by atoms with E-state index < -0.39 is 6.61 Å². The van der Waals surface area contributed by atoms with Crippen LogP contribution in [0.4, 0.5) is 8.78 Å². The summed E-state index contributed by atoms with van der Waals surface area (Å²) in [6, 6.07) is 15.7. The van der Waals surface area contributed by atoms with E-state index in [0.29, 0.717) is 24.4 Å². The Bertz CT molecular complexity index is 990. The van der Waals surface area contributed by atoms with Gasteiger partial charge in [0.25, 0.3) is 5.91 Å². The zero-order valence-corrected chi connectivity index (χ0v) is 16.2. The molecular formula is C20H20F2N6O2. The molecule has 3 aromatic rings. The van der Waals surface area contributed by atoms with Crippen LogP contribution in [0.3, 0.4) is 0 Å². The van der Waals surface area contributed by atoms with Crippen molar-refractivity contribution in [2.24, 2.45) is 5.10 Å². The Labute approximate surface area is 171 Å². The number of nitrogens with one attached hydrogen (secondary N) is 1. The van der Waals surface area contributed by atoms with Crippen LogP contribution in [0.15, 0.2) is 59.7 Å². The Morgan fingerprint density at radius 2 is 1.90 bits per heavy atom. The summed E-state index contributed by atoms with van der Waals surface area (Å²) < 4.78 is 28.6. The average Bonchev–Trinajstić information content (AvgIpc) is 3.20. The molecule has 0 unspecified atom stereocenters. The summed E-state index contributed by atoms with van der Waals surface area (Å²) in [5.41, 5.74) is 4.93. The fourth-order valence-electron chi connectivity index (χ4n) is 2.55. The lowest BCUT2D eigenvalue weighted by Gasteiger charge is -2.06. The molecule has 3 rings (SSSR count). The van der Waals surface area contributed by atoms with Crippen LogP contribution in [-0.2, 0) is 17.8 Å². The molecule has 1 N–H and O–H groups in total. The van der Waals surface area contributed by atoms with Crippen molar-refractivity contribution in [2.45, 2.75) is 32.9 Å². The number of carbonyl (C=O) groups excluding carboxylic acids is 1. The molecule has 0 aliphatic carbocycles. The molecule has 0 radical (unpaired) electrons. The van der Waals surface area contributed by atoms with E-state index >= 15 is 0 Å². The van der Waals surface area contributed by atoms with Gasteiger partial charge < -0.3 is 4.74 Å². The van der Waals surface area contributed by atoms with E-state index in [4.69, 9.17) is 0 Å². The Kier molecular flexibility index (Phi) is 7.14. The van der Waals surface area contributed by atoms with Gasteiger partial charge in [-0.1, -0.05) is 42.5 Å². The number of carbonyl (C=O) groups is 1. The van der Waals surface area contributed by atoms with Crippen molar-refractivity contribution in [1.82, 2.24) is 25.6 Å². The fraction of sp³-hybridized carbons (Fsp3) is 0.250. The minimum Gasteiger partial charge on any atom is -0.435 e. The second-order valence-electron chi connectivity index (χ2n) is 6.41. The molecule has 0 aliphatic heterocycles. The molecule has 8 nitrogen and oxygen atoms in total. The van der Waals surface area contributed by atoms with Crippen molar-refractivity contribution in [1.29, 1.82) is 0 Å². The van der Waals surface area contributed by atoms with Gasteiger partial charge in [0.15, 0.2) is 0 Å². The maximum absolute atomic E-state index is 12.2. The number of hydrazone groups is 1. The van der Waals surface area contributed by atoms with Gasteiger partial charge >= 0.3 is 6.61 Å². The molecule has 0 saturated heterocycles. The van der Waals surface area contributed by atoms with E-state index in [-0.39, 0.29) is 18.2 Å². The molecule has 0 bridgehead atoms. The smallest absolute Gasteiger partial charge is 0.387 e. The quantitative estimate of drug-likeness (QED) is 0.429. The first-order valence-electron chi connectivity index (χ1n) is 9.18. The molecule has 1 amide bonds. The first-order valence-corrected chi connectivity index (χ1v) is 9.18. The van der Waals surface area contributed by atoms with Gasteiger partial charge in [0.05, 0.1) is 0 Å². The van der Waals surface area contributed by atoms with Crippen molar-refractivity contribution in [3.05, 3.63) is 60.2 Å². The number of tetrazole rings is 1. The van der Waals surface area contributed by atoms with Gasteiger partial charge in [0.1, 0.15) is 12.3 Å². The van der Waals surface area contributed by atoms with Crippen LogP contribution in [0, 0.1) is 0 Å². The molecule has 0 atom stereocenters. The number of hydrogen-bond acceptors (Lipinski definition) is 6. The van der Waals surface area contributed by atoms with Crippen LogP contribution >= 0.6 is 0 Å². The first kappa shape index (κ1) is 21.0. The molecular weight excluding hydrogens is 394 g/mol. The van der Waals surface area contributed by atoms with E-state index in [0.717, 1.165) is 11.1 Å². The zero-order chi connectivity index (χ0) is 21.3. The highest BCUT2D eigenvalue weighted by molar-refractivity contribution is 5.84. The first-order chi connectivity index (χ1) is 14.5. The summed E-state index contributed by atoms with van der Waals surface area (Å²) in [6.07, 6.45) is 1.24. The molecule has 1 aromatic heterocycles. The summed E-state index contributed by atoms with van der Waals surface area (Å²) in [5.74, 6) is 0.177. The van der Waals surface area contributed by atoms with E-state index in [1.54, 1.807) is 19.1 Å². The Hall–Kier alpha value is -3.69. The Balaban J connectivity index is 1.45. The number of rotatable bonds is 9. The standard InChI is InChI=1S/C20H20F2N6O2/c1-14(7-8-15-9-11-17(12-10-15)30-20(21)22)23-24-18(29)13-28-26-19(25-27-28)16-5-3-2-4-6-16/h2-6,9-12,20H,7-8,13H2,1H3,(H,24,29)/b23-14-. The maximum atomic E-state index is 12.2. The number of nitrogens with zero attached hydrogens (tertiary/aromatic N) is 5. The lowest BCUT2D eigenvalue weighted by atomic mass is 10.1. The zero-order valence-electron chi connectivity index (χ0n) is 16.2. The Morgan fingerprint density at radius 3 is 2.60 bits per heavy atom. The van der Waals surface area contributed by atoms with Gasteiger partial charge in [-0.2, -0.15) is 18.7 Å². The topological polar surface area (TPSA) is 94.3 Å². The Morgan fingerprint density at radius 1 is 1.17 bits per heavy atom. The number of hydrogen-bond donors (Lipinski definition) is 1. The highest BCUT2D eigenvalue weighted by atomic mass is 19.3. The van der Waals surface area contributed by atoms with E-state index in [9.17, 15) is 13.6 Å². The number of benzene rings is 2. The molecule has 30 heavy (non-hydrogen) atoms. The lowest BCUT2D eigenvalue weighted by Crippen LogP contribution is -2.25. The normalized spacial score (nSPS) is 11.5. The van der Waals surface area contributed by atoms with Crippen LogP contribution in [0.1, 0.15) is 18.9 Å². The van der Waals surface area contributed by atoms with E-state index in [2.05, 4.69) is 30.7 Å². The third-order valence-electron chi connectivity index (χ3n) is 4.07. The SMILES string of the molecule is C/C(CCc1ccc(OC(F)F)cc1)=N/NC(=O)Cn1nnc(-c2ccccc2)n1. The van der Waals surface area contributed by atoms with Gasteiger partial charge in [-0.05, 0) is 42.7 Å². The number of ether oxygens (including phenoxy) is 1. The number of amides is 1. The number of aryl methyl sites for hydroxylation is 1. The largest absolute Gasteiger partial charge is 0.435 e. The van der Waals surface area contributed by atoms with Gasteiger partial charge in [-0.25, -0.2) is 5.43 Å². The third kappa shape index (κ3) is 6.43. The van der Waals surface area contributed by atoms with Gasteiger partial charge in [-0.3, -0.25) is 4.79 Å². The summed E-state index contributed by atoms with van der Waals surface area (Å²) in [6.45, 7) is -1.16. The van der Waals surface area contributed by atoms with Crippen molar-refractivity contribution < 1.29 is 18.3 Å². The highest BCUT2D eigenvalue weighted by Crippen LogP contribution is 2.16. The summed E-state index contributed by atoms with van der Waals surface area (Å²) in [4.78, 5) is 13.2. The van der Waals surface area contributed by atoms with Crippen LogP contribution in [0.2, 0.25) is 0 Å². The predicted octanol–water partition coefficient (Wildman–Crippen LogP) is 3.07. The van der Waals surface area contributed by atoms with Crippen LogP contribution in [-0.4, -0.2) is 38.4 Å². The highest BCUT2D eigenvalue weighted by Gasteiger charge is 2.09. The van der Waals surface area contributed by atoms with Crippen LogP contribution < -0.4 is 10.2 Å². The molecule has 10 heteroatoms. The minimum atomic E-state index is -2.84. The molecule has 1 heterocycles. The molecule has 0 spiro atoms. The van der Waals surface area contributed by atoms with Crippen LogP contribution in [0.25, 0.3) is 11.4 Å². The number of halogens is 2. The van der Waals surface area contributed by atoms with E-state index in [1.807, 2.05) is 30.3 Å². The second kappa shape index (κ2) is 10.2. The fourth-order valence-corrected chi connectivity index (χ4v) is 2.55. The van der Waals surface area contributed by atoms with Crippen molar-refractivity contribution in [3.63, 3.8) is 0 Å². The van der Waals surface area contributed by atoms with E-state index in [1.165, 1.54) is 16.9 Å². The minimum absolute atomic E-state index is 0.109. The molecule has 156 valence electrons. The summed E-state index contributed by atoms with van der Waals surface area (Å²) >= 11 is 0. The lowest BCUT2D eigenvalue weighted by molar-refractivity contribution is -0.122. The van der Waals surface area contributed by atoms with Crippen molar-refractivity contribution in [3.8, 4) is 17.1 Å². The van der Waals surface area contributed by atoms with Gasteiger partial charge in [0.2, 0.25) is 5.82 Å². The summed E-state index contributed by atoms with van der Waals surface area (Å²) in [5, 5.41) is 16.0. The van der Waals surface area contributed by atoms with Gasteiger partial charge in [0, 0.05) is 11.3 Å². The van der Waals surface area contributed by atoms with Crippen molar-refractivity contribution in [2.75, 3.05) is 0 Å². The average molecular weight is 414 g/mol. The molecule has 0 aliphatic rings. The molecule has 0 fully saturated rings. The second-order valence-corrected chi connectivity index (χ2v) is 6.41.